The molecule has 7 heteroatoms. The van der Waals surface area contributed by atoms with Gasteiger partial charge in [0.25, 0.3) is 0 Å². The van der Waals surface area contributed by atoms with Crippen LogP contribution < -0.4 is 20.1 Å². The number of amides is 1. The monoisotopic (exact) mass is 428 g/mol. The van der Waals surface area contributed by atoms with Gasteiger partial charge in [0.05, 0.1) is 6.54 Å². The minimum Gasteiger partial charge on any atom is -0.486 e. The van der Waals surface area contributed by atoms with E-state index in [1.807, 2.05) is 11.8 Å². The molecular weight excluding hydrogens is 392 g/mol. The fraction of sp³-hybridized carbons (Fsp3) is 0.667. The number of hydrogen-bond acceptors (Lipinski definition) is 4. The van der Waals surface area contributed by atoms with Crippen molar-refractivity contribution >= 4 is 11.9 Å². The molecule has 1 saturated heterocycles. The molecule has 4 rings (SSSR count). The molecule has 1 unspecified atom stereocenters. The Morgan fingerprint density at radius 3 is 2.71 bits per heavy atom. The molecule has 2 heterocycles. The lowest BCUT2D eigenvalue weighted by Gasteiger charge is -2.30. The Morgan fingerprint density at radius 1 is 1.19 bits per heavy atom. The molecule has 0 aromatic heterocycles. The Kier molecular flexibility index (Phi) is 6.88. The minimum atomic E-state index is 0.0398. The van der Waals surface area contributed by atoms with Gasteiger partial charge in [0, 0.05) is 37.5 Å². The van der Waals surface area contributed by atoms with E-state index in [2.05, 4.69) is 35.8 Å². The van der Waals surface area contributed by atoms with Gasteiger partial charge in [0.15, 0.2) is 17.5 Å². The number of hydrogen-bond donors (Lipinski definition) is 2. The van der Waals surface area contributed by atoms with E-state index in [1.165, 1.54) is 18.4 Å². The molecule has 170 valence electrons. The number of ether oxygens (including phenoxy) is 2. The first kappa shape index (κ1) is 21.8. The number of guanidine groups is 1. The van der Waals surface area contributed by atoms with E-state index in [-0.39, 0.29) is 17.4 Å². The van der Waals surface area contributed by atoms with Crippen LogP contribution in [0.1, 0.15) is 57.9 Å². The van der Waals surface area contributed by atoms with Gasteiger partial charge in [-0.2, -0.15) is 0 Å². The van der Waals surface area contributed by atoms with Gasteiger partial charge >= 0.3 is 0 Å². The summed E-state index contributed by atoms with van der Waals surface area (Å²) in [6.45, 7) is 8.37. The van der Waals surface area contributed by atoms with E-state index in [9.17, 15) is 4.79 Å². The summed E-state index contributed by atoms with van der Waals surface area (Å²) >= 11 is 0. The Labute approximate surface area is 185 Å². The first-order valence-electron chi connectivity index (χ1n) is 11.9. The highest BCUT2D eigenvalue weighted by molar-refractivity contribution is 5.80. The van der Waals surface area contributed by atoms with E-state index in [0.717, 1.165) is 62.9 Å². The van der Waals surface area contributed by atoms with Gasteiger partial charge in [-0.1, -0.05) is 25.8 Å². The van der Waals surface area contributed by atoms with Crippen LogP contribution in [0.25, 0.3) is 0 Å². The Bertz CT molecular complexity index is 804. The zero-order valence-corrected chi connectivity index (χ0v) is 18.9. The average Bonchev–Trinajstić information content (AvgIpc) is 3.47. The van der Waals surface area contributed by atoms with Crippen LogP contribution in [0.2, 0.25) is 0 Å². The third-order valence-corrected chi connectivity index (χ3v) is 6.78. The zero-order valence-electron chi connectivity index (χ0n) is 18.9. The van der Waals surface area contributed by atoms with E-state index in [4.69, 9.17) is 14.5 Å². The van der Waals surface area contributed by atoms with Crippen molar-refractivity contribution in [1.82, 2.24) is 15.5 Å². The number of carbonyl (C=O) groups excluding carboxylic acids is 1. The normalized spacial score (nSPS) is 22.5. The SMILES string of the molecule is CCNC(=NCC1(c2ccc3c(c2)OCCO3)CCCC1)NC1CCN(C(=O)CC)C1. The molecule has 1 atom stereocenters. The van der Waals surface area contributed by atoms with Crippen LogP contribution >= 0.6 is 0 Å². The fourth-order valence-corrected chi connectivity index (χ4v) is 5.04. The topological polar surface area (TPSA) is 75.2 Å². The standard InChI is InChI=1S/C24H36N4O3/c1-3-22(29)28-12-9-19(16-28)27-23(25-4-2)26-17-24(10-5-6-11-24)18-7-8-20-21(15-18)31-14-13-30-20/h7-8,15,19H,3-6,9-14,16-17H2,1-2H3,(H2,25,26,27). The molecule has 2 N–H and O–H groups in total. The van der Waals surface area contributed by atoms with E-state index in [1.54, 1.807) is 0 Å². The van der Waals surface area contributed by atoms with Gasteiger partial charge in [0.2, 0.25) is 5.91 Å². The molecule has 1 aromatic carbocycles. The second-order valence-corrected chi connectivity index (χ2v) is 8.86. The number of benzene rings is 1. The summed E-state index contributed by atoms with van der Waals surface area (Å²) < 4.78 is 11.6. The molecule has 2 fully saturated rings. The van der Waals surface area contributed by atoms with Gasteiger partial charge in [-0.25, -0.2) is 0 Å². The molecule has 7 nitrogen and oxygen atoms in total. The number of nitrogens with zero attached hydrogens (tertiary/aromatic N) is 2. The Balaban J connectivity index is 1.48. The van der Waals surface area contributed by atoms with Crippen molar-refractivity contribution in [1.29, 1.82) is 0 Å². The summed E-state index contributed by atoms with van der Waals surface area (Å²) in [4.78, 5) is 19.0. The summed E-state index contributed by atoms with van der Waals surface area (Å²) in [5.74, 6) is 2.78. The Hall–Kier alpha value is -2.44. The molecule has 0 spiro atoms. The predicted octanol–water partition coefficient (Wildman–Crippen LogP) is 2.84. The van der Waals surface area contributed by atoms with Crippen molar-refractivity contribution < 1.29 is 14.3 Å². The predicted molar refractivity (Wildman–Crippen MR) is 122 cm³/mol. The summed E-state index contributed by atoms with van der Waals surface area (Å²) in [5.41, 5.74) is 1.34. The molecule has 3 aliphatic rings. The largest absolute Gasteiger partial charge is 0.486 e. The molecule has 1 amide bonds. The van der Waals surface area contributed by atoms with Gasteiger partial charge in [-0.15, -0.1) is 0 Å². The Morgan fingerprint density at radius 2 is 1.97 bits per heavy atom. The first-order valence-corrected chi connectivity index (χ1v) is 11.9. The van der Waals surface area contributed by atoms with Crippen LogP contribution in [0.15, 0.2) is 23.2 Å². The van der Waals surface area contributed by atoms with Crippen LogP contribution in [0, 0.1) is 0 Å². The van der Waals surface area contributed by atoms with Crippen molar-refractivity contribution in [3.8, 4) is 11.5 Å². The van der Waals surface area contributed by atoms with Crippen molar-refractivity contribution in [3.05, 3.63) is 23.8 Å². The van der Waals surface area contributed by atoms with Gasteiger partial charge in [0.1, 0.15) is 13.2 Å². The second kappa shape index (κ2) is 9.79. The van der Waals surface area contributed by atoms with Gasteiger partial charge in [-0.05, 0) is 43.9 Å². The number of likely N-dealkylation sites (tertiary alicyclic amines) is 1. The first-order chi connectivity index (χ1) is 15.1. The van der Waals surface area contributed by atoms with Gasteiger partial charge < -0.3 is 25.0 Å². The molecule has 0 bridgehead atoms. The van der Waals surface area contributed by atoms with Gasteiger partial charge in [-0.3, -0.25) is 9.79 Å². The number of aliphatic imine (C=N–C) groups is 1. The van der Waals surface area contributed by atoms with Crippen molar-refractivity contribution in [2.75, 3.05) is 39.4 Å². The molecule has 1 aromatic rings. The molecular formula is C24H36N4O3. The number of nitrogens with one attached hydrogen (secondary N) is 2. The minimum absolute atomic E-state index is 0.0398. The number of carbonyl (C=O) groups is 1. The van der Waals surface area contributed by atoms with Crippen LogP contribution in [0.3, 0.4) is 0 Å². The summed E-state index contributed by atoms with van der Waals surface area (Å²) in [5, 5.41) is 6.97. The summed E-state index contributed by atoms with van der Waals surface area (Å²) in [6.07, 6.45) is 6.26. The lowest BCUT2D eigenvalue weighted by Crippen LogP contribution is -2.45. The quantitative estimate of drug-likeness (QED) is 0.538. The highest BCUT2D eigenvalue weighted by Gasteiger charge is 2.36. The zero-order chi connectivity index (χ0) is 21.7. The molecule has 0 radical (unpaired) electrons. The maximum absolute atomic E-state index is 12.0. The molecule has 2 aliphatic heterocycles. The average molecular weight is 429 g/mol. The third-order valence-electron chi connectivity index (χ3n) is 6.78. The van der Waals surface area contributed by atoms with E-state index in [0.29, 0.717) is 19.6 Å². The maximum atomic E-state index is 12.0. The van der Waals surface area contributed by atoms with E-state index < -0.39 is 0 Å². The summed E-state index contributed by atoms with van der Waals surface area (Å²) in [7, 11) is 0. The van der Waals surface area contributed by atoms with Crippen LogP contribution in [0.5, 0.6) is 11.5 Å². The lowest BCUT2D eigenvalue weighted by molar-refractivity contribution is -0.129. The van der Waals surface area contributed by atoms with Crippen LogP contribution in [-0.4, -0.2) is 62.2 Å². The third kappa shape index (κ3) is 4.91. The lowest BCUT2D eigenvalue weighted by atomic mass is 9.79. The summed E-state index contributed by atoms with van der Waals surface area (Å²) in [6, 6.07) is 6.66. The second-order valence-electron chi connectivity index (χ2n) is 8.86. The number of fused-ring (bicyclic) bond motifs is 1. The fourth-order valence-electron chi connectivity index (χ4n) is 5.04. The van der Waals surface area contributed by atoms with E-state index >= 15 is 0 Å². The van der Waals surface area contributed by atoms with Crippen LogP contribution in [-0.2, 0) is 10.2 Å². The highest BCUT2D eigenvalue weighted by atomic mass is 16.6. The highest BCUT2D eigenvalue weighted by Crippen LogP contribution is 2.44. The molecule has 31 heavy (non-hydrogen) atoms. The van der Waals surface area contributed by atoms with Crippen molar-refractivity contribution in [2.45, 2.75) is 63.8 Å². The van der Waals surface area contributed by atoms with Crippen molar-refractivity contribution in [3.63, 3.8) is 0 Å². The van der Waals surface area contributed by atoms with Crippen molar-refractivity contribution in [2.24, 2.45) is 4.99 Å². The molecule has 1 saturated carbocycles. The maximum Gasteiger partial charge on any atom is 0.222 e. The molecule has 1 aliphatic carbocycles. The smallest absolute Gasteiger partial charge is 0.222 e. The number of rotatable bonds is 6. The van der Waals surface area contributed by atoms with Crippen LogP contribution in [0.4, 0.5) is 0 Å².